The lowest BCUT2D eigenvalue weighted by Crippen LogP contribution is -2.29. The molecule has 1 aromatic rings. The number of rotatable bonds is 5. The summed E-state index contributed by atoms with van der Waals surface area (Å²) in [5.74, 6) is -0.235. The average molecular weight is 211 g/mol. The van der Waals surface area contributed by atoms with Crippen LogP contribution in [0.25, 0.3) is 0 Å². The molecule has 0 heterocycles. The lowest BCUT2D eigenvalue weighted by Gasteiger charge is -2.26. The van der Waals surface area contributed by atoms with Gasteiger partial charge in [-0.05, 0) is 30.7 Å². The van der Waals surface area contributed by atoms with Gasteiger partial charge in [-0.3, -0.25) is 0 Å². The fourth-order valence-corrected chi connectivity index (χ4v) is 1.18. The number of hydrogen-bond donors (Lipinski definition) is 2. The van der Waals surface area contributed by atoms with Crippen LogP contribution < -0.4 is 5.32 Å². The van der Waals surface area contributed by atoms with Crippen LogP contribution in [-0.4, -0.2) is 18.3 Å². The molecule has 0 saturated heterocycles. The van der Waals surface area contributed by atoms with Gasteiger partial charge in [-0.1, -0.05) is 13.8 Å². The van der Waals surface area contributed by atoms with E-state index in [1.54, 1.807) is 12.1 Å². The van der Waals surface area contributed by atoms with Crippen molar-refractivity contribution in [2.45, 2.75) is 20.3 Å². The minimum atomic E-state index is -0.235. The Morgan fingerprint density at radius 1 is 1.33 bits per heavy atom. The molecule has 0 fully saturated rings. The molecule has 3 heteroatoms. The number of nitrogens with one attached hydrogen (secondary N) is 1. The van der Waals surface area contributed by atoms with Crippen LogP contribution in [0.3, 0.4) is 0 Å². The van der Waals surface area contributed by atoms with Crippen molar-refractivity contribution in [2.75, 3.05) is 18.5 Å². The maximum atomic E-state index is 12.6. The SMILES string of the molecule is CCC(C)(CO)CNc1ccc(F)cc1. The Morgan fingerprint density at radius 3 is 2.40 bits per heavy atom. The van der Waals surface area contributed by atoms with Crippen molar-refractivity contribution in [1.82, 2.24) is 0 Å². The van der Waals surface area contributed by atoms with Crippen LogP contribution in [-0.2, 0) is 0 Å². The number of aliphatic hydroxyl groups is 1. The van der Waals surface area contributed by atoms with Crippen LogP contribution in [0.2, 0.25) is 0 Å². The van der Waals surface area contributed by atoms with Crippen molar-refractivity contribution >= 4 is 5.69 Å². The summed E-state index contributed by atoms with van der Waals surface area (Å²) in [6, 6.07) is 6.24. The smallest absolute Gasteiger partial charge is 0.123 e. The van der Waals surface area contributed by atoms with E-state index in [1.165, 1.54) is 12.1 Å². The highest BCUT2D eigenvalue weighted by Crippen LogP contribution is 2.21. The standard InChI is InChI=1S/C12H18FNO/c1-3-12(2,9-15)8-14-11-6-4-10(13)5-7-11/h4-7,14-15H,3,8-9H2,1-2H3. The van der Waals surface area contributed by atoms with E-state index in [9.17, 15) is 9.50 Å². The molecule has 2 N–H and O–H groups in total. The predicted molar refractivity (Wildman–Crippen MR) is 60.4 cm³/mol. The highest BCUT2D eigenvalue weighted by molar-refractivity contribution is 5.42. The fraction of sp³-hybridized carbons (Fsp3) is 0.500. The highest BCUT2D eigenvalue weighted by atomic mass is 19.1. The first-order valence-electron chi connectivity index (χ1n) is 5.20. The molecule has 2 nitrogen and oxygen atoms in total. The van der Waals surface area contributed by atoms with Crippen LogP contribution in [0.4, 0.5) is 10.1 Å². The Hall–Kier alpha value is -1.09. The van der Waals surface area contributed by atoms with E-state index in [0.29, 0.717) is 6.54 Å². The van der Waals surface area contributed by atoms with Crippen LogP contribution >= 0.6 is 0 Å². The van der Waals surface area contributed by atoms with Crippen molar-refractivity contribution in [3.05, 3.63) is 30.1 Å². The lowest BCUT2D eigenvalue weighted by molar-refractivity contribution is 0.149. The molecule has 15 heavy (non-hydrogen) atoms. The molecule has 0 saturated carbocycles. The van der Waals surface area contributed by atoms with Gasteiger partial charge in [0.1, 0.15) is 5.82 Å². The molecule has 1 rings (SSSR count). The fourth-order valence-electron chi connectivity index (χ4n) is 1.18. The van der Waals surface area contributed by atoms with Gasteiger partial charge in [0.05, 0.1) is 6.61 Å². The van der Waals surface area contributed by atoms with E-state index in [1.807, 2.05) is 13.8 Å². The number of aliphatic hydroxyl groups excluding tert-OH is 1. The Morgan fingerprint density at radius 2 is 1.93 bits per heavy atom. The second-order valence-corrected chi connectivity index (χ2v) is 4.18. The van der Waals surface area contributed by atoms with E-state index in [4.69, 9.17) is 0 Å². The summed E-state index contributed by atoms with van der Waals surface area (Å²) in [4.78, 5) is 0. The highest BCUT2D eigenvalue weighted by Gasteiger charge is 2.20. The normalized spacial score (nSPS) is 14.7. The van der Waals surface area contributed by atoms with Gasteiger partial charge in [-0.2, -0.15) is 0 Å². The zero-order valence-corrected chi connectivity index (χ0v) is 9.26. The van der Waals surface area contributed by atoms with Crippen molar-refractivity contribution in [1.29, 1.82) is 0 Å². The van der Waals surface area contributed by atoms with E-state index in [0.717, 1.165) is 12.1 Å². The summed E-state index contributed by atoms with van der Waals surface area (Å²) >= 11 is 0. The van der Waals surface area contributed by atoms with E-state index in [-0.39, 0.29) is 17.8 Å². The van der Waals surface area contributed by atoms with Gasteiger partial charge in [-0.25, -0.2) is 4.39 Å². The van der Waals surface area contributed by atoms with Crippen LogP contribution in [0.1, 0.15) is 20.3 Å². The summed E-state index contributed by atoms with van der Waals surface area (Å²) < 4.78 is 12.6. The number of benzene rings is 1. The Kier molecular flexibility index (Phi) is 4.09. The summed E-state index contributed by atoms with van der Waals surface area (Å²) in [5.41, 5.74) is 0.763. The third-order valence-corrected chi connectivity index (χ3v) is 2.80. The maximum absolute atomic E-state index is 12.6. The quantitative estimate of drug-likeness (QED) is 0.784. The molecule has 0 amide bonds. The summed E-state index contributed by atoms with van der Waals surface area (Å²) in [7, 11) is 0. The third-order valence-electron chi connectivity index (χ3n) is 2.80. The van der Waals surface area contributed by atoms with Gasteiger partial charge in [0.15, 0.2) is 0 Å². The van der Waals surface area contributed by atoms with Gasteiger partial charge in [0.25, 0.3) is 0 Å². The largest absolute Gasteiger partial charge is 0.396 e. The second kappa shape index (κ2) is 5.12. The predicted octanol–water partition coefficient (Wildman–Crippen LogP) is 2.65. The molecule has 0 aliphatic rings. The van der Waals surface area contributed by atoms with Gasteiger partial charge in [-0.15, -0.1) is 0 Å². The summed E-state index contributed by atoms with van der Waals surface area (Å²) in [6.07, 6.45) is 0.900. The van der Waals surface area contributed by atoms with Gasteiger partial charge in [0.2, 0.25) is 0 Å². The van der Waals surface area contributed by atoms with Crippen molar-refractivity contribution in [3.63, 3.8) is 0 Å². The minimum absolute atomic E-state index is 0.117. The molecule has 0 aromatic heterocycles. The van der Waals surface area contributed by atoms with Gasteiger partial charge >= 0.3 is 0 Å². The van der Waals surface area contributed by atoms with Crippen LogP contribution in [0.5, 0.6) is 0 Å². The number of halogens is 1. The molecule has 1 aromatic carbocycles. The lowest BCUT2D eigenvalue weighted by atomic mass is 9.88. The molecule has 0 bridgehead atoms. The van der Waals surface area contributed by atoms with Crippen LogP contribution in [0.15, 0.2) is 24.3 Å². The molecule has 0 spiro atoms. The van der Waals surface area contributed by atoms with E-state index >= 15 is 0 Å². The molecule has 84 valence electrons. The molecular weight excluding hydrogens is 193 g/mol. The first-order valence-corrected chi connectivity index (χ1v) is 5.20. The third kappa shape index (κ3) is 3.51. The molecule has 0 aliphatic carbocycles. The molecule has 0 aliphatic heterocycles. The molecule has 0 radical (unpaired) electrons. The Balaban J connectivity index is 2.53. The summed E-state index contributed by atoms with van der Waals surface area (Å²) in [6.45, 7) is 4.90. The molecular formula is C12H18FNO. The summed E-state index contributed by atoms with van der Waals surface area (Å²) in [5, 5.41) is 12.4. The first kappa shape index (κ1) is 12.0. The van der Waals surface area contributed by atoms with Gasteiger partial charge in [0, 0.05) is 17.6 Å². The Bertz CT molecular complexity index is 293. The Labute approximate surface area is 90.1 Å². The zero-order chi connectivity index (χ0) is 11.3. The number of anilines is 1. The van der Waals surface area contributed by atoms with Gasteiger partial charge < -0.3 is 10.4 Å². The number of hydrogen-bond acceptors (Lipinski definition) is 2. The average Bonchev–Trinajstić information content (AvgIpc) is 2.28. The molecule has 1 atom stereocenters. The maximum Gasteiger partial charge on any atom is 0.123 e. The van der Waals surface area contributed by atoms with Crippen molar-refractivity contribution < 1.29 is 9.50 Å². The second-order valence-electron chi connectivity index (χ2n) is 4.18. The van der Waals surface area contributed by atoms with Crippen molar-refractivity contribution in [2.24, 2.45) is 5.41 Å². The zero-order valence-electron chi connectivity index (χ0n) is 9.26. The van der Waals surface area contributed by atoms with Crippen molar-refractivity contribution in [3.8, 4) is 0 Å². The minimum Gasteiger partial charge on any atom is -0.396 e. The van der Waals surface area contributed by atoms with E-state index < -0.39 is 0 Å². The topological polar surface area (TPSA) is 32.3 Å². The van der Waals surface area contributed by atoms with E-state index in [2.05, 4.69) is 5.32 Å². The monoisotopic (exact) mass is 211 g/mol. The molecule has 1 unspecified atom stereocenters. The van der Waals surface area contributed by atoms with Crippen LogP contribution in [0, 0.1) is 11.2 Å². The first-order chi connectivity index (χ1) is 7.09.